The molecule has 1 aliphatic carbocycles. The Morgan fingerprint density at radius 1 is 1.30 bits per heavy atom. The van der Waals surface area contributed by atoms with Crippen LogP contribution in [0.2, 0.25) is 0 Å². The van der Waals surface area contributed by atoms with Gasteiger partial charge in [0.15, 0.2) is 0 Å². The Morgan fingerprint density at radius 2 is 2.05 bits per heavy atom. The number of hydrogen-bond donors (Lipinski definition) is 1. The topological polar surface area (TPSA) is 43.8 Å². The highest BCUT2D eigenvalue weighted by Crippen LogP contribution is 2.37. The van der Waals surface area contributed by atoms with Crippen LogP contribution in [0.15, 0.2) is 22.7 Å². The van der Waals surface area contributed by atoms with E-state index in [4.69, 9.17) is 5.73 Å². The van der Waals surface area contributed by atoms with Crippen molar-refractivity contribution in [2.75, 3.05) is 5.73 Å². The van der Waals surface area contributed by atoms with Crippen LogP contribution in [0.4, 0.5) is 5.95 Å². The van der Waals surface area contributed by atoms with Crippen LogP contribution < -0.4 is 5.73 Å². The SMILES string of the molecule is CCCC1CCC(n2c(N)nc3cc(Br)ccc32)CC1. The third-order valence-electron chi connectivity index (χ3n) is 4.56. The maximum Gasteiger partial charge on any atom is 0.201 e. The molecule has 2 N–H and O–H groups in total. The zero-order valence-electron chi connectivity index (χ0n) is 12.0. The zero-order chi connectivity index (χ0) is 14.1. The number of rotatable bonds is 3. The minimum atomic E-state index is 0.522. The fourth-order valence-electron chi connectivity index (χ4n) is 3.57. The highest BCUT2D eigenvalue weighted by molar-refractivity contribution is 9.10. The van der Waals surface area contributed by atoms with E-state index in [9.17, 15) is 0 Å². The van der Waals surface area contributed by atoms with Gasteiger partial charge in [0, 0.05) is 10.5 Å². The van der Waals surface area contributed by atoms with Crippen molar-refractivity contribution in [1.82, 2.24) is 9.55 Å². The summed E-state index contributed by atoms with van der Waals surface area (Å²) in [6, 6.07) is 6.77. The fourth-order valence-corrected chi connectivity index (χ4v) is 3.92. The molecule has 0 saturated heterocycles. The summed E-state index contributed by atoms with van der Waals surface area (Å²) < 4.78 is 3.31. The lowest BCUT2D eigenvalue weighted by molar-refractivity contribution is 0.267. The van der Waals surface area contributed by atoms with Gasteiger partial charge in [-0.2, -0.15) is 0 Å². The first-order chi connectivity index (χ1) is 9.69. The average molecular weight is 336 g/mol. The third kappa shape index (κ3) is 2.58. The largest absolute Gasteiger partial charge is 0.369 e. The molecule has 1 fully saturated rings. The van der Waals surface area contributed by atoms with Gasteiger partial charge in [0.05, 0.1) is 11.0 Å². The van der Waals surface area contributed by atoms with E-state index in [2.05, 4.69) is 44.5 Å². The highest BCUT2D eigenvalue weighted by Gasteiger charge is 2.24. The predicted octanol–water partition coefficient (Wildman–Crippen LogP) is 4.91. The molecule has 1 aliphatic rings. The Morgan fingerprint density at radius 3 is 2.75 bits per heavy atom. The number of nitrogen functional groups attached to an aromatic ring is 1. The van der Waals surface area contributed by atoms with Crippen LogP contribution in [0.3, 0.4) is 0 Å². The number of imidazole rings is 1. The summed E-state index contributed by atoms with van der Waals surface area (Å²) in [5.41, 5.74) is 8.33. The Labute approximate surface area is 128 Å². The molecule has 1 aromatic carbocycles. The quantitative estimate of drug-likeness (QED) is 0.865. The van der Waals surface area contributed by atoms with E-state index in [1.165, 1.54) is 44.0 Å². The Hall–Kier alpha value is -1.03. The summed E-state index contributed by atoms with van der Waals surface area (Å²) in [5, 5.41) is 0. The summed E-state index contributed by atoms with van der Waals surface area (Å²) >= 11 is 3.50. The highest BCUT2D eigenvalue weighted by atomic mass is 79.9. The van der Waals surface area contributed by atoms with Gasteiger partial charge in [0.2, 0.25) is 5.95 Å². The number of fused-ring (bicyclic) bond motifs is 1. The standard InChI is InChI=1S/C16H22BrN3/c1-2-3-11-4-7-13(8-5-11)20-15-9-6-12(17)10-14(15)19-16(20)18/h6,9-11,13H,2-5,7-8H2,1H3,(H2,18,19). The van der Waals surface area contributed by atoms with Crippen molar-refractivity contribution < 1.29 is 0 Å². The molecule has 0 amide bonds. The summed E-state index contributed by atoms with van der Waals surface area (Å²) in [7, 11) is 0. The van der Waals surface area contributed by atoms with Crippen LogP contribution in [0.1, 0.15) is 51.5 Å². The molecule has 108 valence electrons. The second-order valence-corrected chi connectivity index (χ2v) is 6.85. The van der Waals surface area contributed by atoms with E-state index in [1.807, 2.05) is 6.07 Å². The number of hydrogen-bond acceptors (Lipinski definition) is 2. The van der Waals surface area contributed by atoms with Crippen molar-refractivity contribution in [1.29, 1.82) is 0 Å². The Kier molecular flexibility index (Phi) is 4.01. The molecule has 0 atom stereocenters. The second-order valence-electron chi connectivity index (χ2n) is 5.94. The Bertz CT molecular complexity index is 597. The molecule has 0 radical (unpaired) electrons. The summed E-state index contributed by atoms with van der Waals surface area (Å²) in [4.78, 5) is 4.52. The normalized spacial score (nSPS) is 23.3. The first kappa shape index (κ1) is 13.9. The van der Waals surface area contributed by atoms with Crippen molar-refractivity contribution in [2.45, 2.75) is 51.5 Å². The van der Waals surface area contributed by atoms with Gasteiger partial charge in [0.25, 0.3) is 0 Å². The molecule has 3 rings (SSSR count). The molecular formula is C16H22BrN3. The van der Waals surface area contributed by atoms with E-state index in [1.54, 1.807) is 0 Å². The molecule has 0 aliphatic heterocycles. The smallest absolute Gasteiger partial charge is 0.201 e. The van der Waals surface area contributed by atoms with E-state index in [-0.39, 0.29) is 0 Å². The number of benzene rings is 1. The molecule has 1 aromatic heterocycles. The van der Waals surface area contributed by atoms with E-state index < -0.39 is 0 Å². The van der Waals surface area contributed by atoms with Crippen LogP contribution >= 0.6 is 15.9 Å². The van der Waals surface area contributed by atoms with Gasteiger partial charge < -0.3 is 10.3 Å². The first-order valence-corrected chi connectivity index (χ1v) is 8.41. The van der Waals surface area contributed by atoms with Crippen LogP contribution in [-0.4, -0.2) is 9.55 Å². The number of halogens is 1. The van der Waals surface area contributed by atoms with Crippen molar-refractivity contribution in [3.63, 3.8) is 0 Å². The van der Waals surface area contributed by atoms with Gasteiger partial charge in [-0.15, -0.1) is 0 Å². The number of nitrogens with zero attached hydrogens (tertiary/aromatic N) is 2. The van der Waals surface area contributed by atoms with Gasteiger partial charge in [-0.05, 0) is 49.8 Å². The predicted molar refractivity (Wildman–Crippen MR) is 87.7 cm³/mol. The maximum absolute atomic E-state index is 6.16. The number of nitrogens with two attached hydrogens (primary N) is 1. The van der Waals surface area contributed by atoms with E-state index in [0.717, 1.165) is 15.9 Å². The maximum atomic E-state index is 6.16. The van der Waals surface area contributed by atoms with Crippen LogP contribution in [0.25, 0.3) is 11.0 Å². The van der Waals surface area contributed by atoms with Crippen molar-refractivity contribution >= 4 is 32.9 Å². The fraction of sp³-hybridized carbons (Fsp3) is 0.562. The molecule has 0 bridgehead atoms. The lowest BCUT2D eigenvalue weighted by Gasteiger charge is -2.30. The monoisotopic (exact) mass is 335 g/mol. The lowest BCUT2D eigenvalue weighted by atomic mass is 9.83. The van der Waals surface area contributed by atoms with E-state index >= 15 is 0 Å². The number of aromatic nitrogens is 2. The van der Waals surface area contributed by atoms with Gasteiger partial charge in [-0.25, -0.2) is 4.98 Å². The van der Waals surface area contributed by atoms with Crippen LogP contribution in [0.5, 0.6) is 0 Å². The molecular weight excluding hydrogens is 314 g/mol. The van der Waals surface area contributed by atoms with Gasteiger partial charge in [0.1, 0.15) is 0 Å². The molecule has 20 heavy (non-hydrogen) atoms. The van der Waals surface area contributed by atoms with Gasteiger partial charge in [-0.3, -0.25) is 0 Å². The Balaban J connectivity index is 1.86. The third-order valence-corrected chi connectivity index (χ3v) is 5.05. The molecule has 1 saturated carbocycles. The molecule has 0 spiro atoms. The van der Waals surface area contributed by atoms with Crippen LogP contribution in [0, 0.1) is 5.92 Å². The molecule has 4 heteroatoms. The average Bonchev–Trinajstić information content (AvgIpc) is 2.75. The minimum Gasteiger partial charge on any atom is -0.369 e. The summed E-state index contributed by atoms with van der Waals surface area (Å²) in [6.07, 6.45) is 7.80. The second kappa shape index (κ2) is 5.76. The van der Waals surface area contributed by atoms with Gasteiger partial charge >= 0.3 is 0 Å². The van der Waals surface area contributed by atoms with Gasteiger partial charge in [-0.1, -0.05) is 35.7 Å². The summed E-state index contributed by atoms with van der Waals surface area (Å²) in [5.74, 6) is 1.58. The van der Waals surface area contributed by atoms with Crippen molar-refractivity contribution in [3.05, 3.63) is 22.7 Å². The molecule has 1 heterocycles. The first-order valence-electron chi connectivity index (χ1n) is 7.62. The van der Waals surface area contributed by atoms with Crippen LogP contribution in [-0.2, 0) is 0 Å². The van der Waals surface area contributed by atoms with Crippen molar-refractivity contribution in [3.8, 4) is 0 Å². The lowest BCUT2D eigenvalue weighted by Crippen LogP contribution is -2.19. The molecule has 0 unspecified atom stereocenters. The molecule has 2 aromatic rings. The minimum absolute atomic E-state index is 0.522. The van der Waals surface area contributed by atoms with E-state index in [0.29, 0.717) is 12.0 Å². The van der Waals surface area contributed by atoms with Crippen molar-refractivity contribution in [2.24, 2.45) is 5.92 Å². The molecule has 3 nitrogen and oxygen atoms in total. The zero-order valence-corrected chi connectivity index (χ0v) is 13.6. The summed E-state index contributed by atoms with van der Waals surface area (Å²) in [6.45, 7) is 2.28. The number of anilines is 1.